The van der Waals surface area contributed by atoms with E-state index in [2.05, 4.69) is 72.8 Å². The number of thiophene rings is 1. The molecular formula is C20H27BrN4OS. The molecule has 0 aliphatic carbocycles. The standard InChI is InChI=1S/C20H27BrN4OS/c21-19-8-7-18(27-19)9-11-23-20(26)22-10-4-12-24-13-15-25(16-14-24)17-5-2-1-3-6-17/h1-3,5-8H,4,9-16H2,(H2,22,23,26). The van der Waals surface area contributed by atoms with Gasteiger partial charge in [0.25, 0.3) is 0 Å². The van der Waals surface area contributed by atoms with Crippen molar-refractivity contribution in [1.82, 2.24) is 15.5 Å². The van der Waals surface area contributed by atoms with Crippen molar-refractivity contribution in [3.8, 4) is 0 Å². The van der Waals surface area contributed by atoms with Crippen LogP contribution in [0.15, 0.2) is 46.3 Å². The zero-order valence-electron chi connectivity index (χ0n) is 15.5. The third-order valence-electron chi connectivity index (χ3n) is 4.72. The second-order valence-corrected chi connectivity index (χ2v) is 9.20. The van der Waals surface area contributed by atoms with E-state index in [4.69, 9.17) is 0 Å². The number of anilines is 1. The Hall–Kier alpha value is -1.57. The Morgan fingerprint density at radius 1 is 1.00 bits per heavy atom. The van der Waals surface area contributed by atoms with Crippen molar-refractivity contribution in [3.05, 3.63) is 51.1 Å². The van der Waals surface area contributed by atoms with Gasteiger partial charge in [0.1, 0.15) is 0 Å². The van der Waals surface area contributed by atoms with Crippen LogP contribution in [0.2, 0.25) is 0 Å². The summed E-state index contributed by atoms with van der Waals surface area (Å²) in [7, 11) is 0. The largest absolute Gasteiger partial charge is 0.369 e. The van der Waals surface area contributed by atoms with Crippen molar-refractivity contribution < 1.29 is 4.79 Å². The lowest BCUT2D eigenvalue weighted by atomic mass is 10.2. The third-order valence-corrected chi connectivity index (χ3v) is 6.40. The molecule has 1 aromatic heterocycles. The van der Waals surface area contributed by atoms with E-state index in [0.717, 1.165) is 55.9 Å². The quantitative estimate of drug-likeness (QED) is 0.604. The second-order valence-electron chi connectivity index (χ2n) is 6.66. The highest BCUT2D eigenvalue weighted by atomic mass is 79.9. The molecule has 7 heteroatoms. The van der Waals surface area contributed by atoms with Crippen molar-refractivity contribution >= 4 is 39.0 Å². The van der Waals surface area contributed by atoms with Gasteiger partial charge in [-0.2, -0.15) is 0 Å². The number of para-hydroxylation sites is 1. The Kier molecular flexibility index (Phi) is 7.98. The third kappa shape index (κ3) is 6.83. The summed E-state index contributed by atoms with van der Waals surface area (Å²) in [6.07, 6.45) is 1.85. The van der Waals surface area contributed by atoms with Crippen molar-refractivity contribution in [2.24, 2.45) is 0 Å². The van der Waals surface area contributed by atoms with Crippen molar-refractivity contribution in [2.45, 2.75) is 12.8 Å². The summed E-state index contributed by atoms with van der Waals surface area (Å²) in [5, 5.41) is 5.88. The lowest BCUT2D eigenvalue weighted by Crippen LogP contribution is -2.47. The van der Waals surface area contributed by atoms with Gasteiger partial charge < -0.3 is 15.5 Å². The van der Waals surface area contributed by atoms with Crippen LogP contribution in [0.1, 0.15) is 11.3 Å². The average molecular weight is 451 g/mol. The first kappa shape index (κ1) is 20.2. The van der Waals surface area contributed by atoms with E-state index in [1.165, 1.54) is 10.6 Å². The Bertz CT molecular complexity index is 701. The van der Waals surface area contributed by atoms with Crippen molar-refractivity contribution in [1.29, 1.82) is 0 Å². The molecule has 0 unspecified atom stereocenters. The number of amides is 2. The molecule has 0 bridgehead atoms. The van der Waals surface area contributed by atoms with Gasteiger partial charge in [-0.3, -0.25) is 4.90 Å². The number of nitrogens with zero attached hydrogens (tertiary/aromatic N) is 2. The zero-order chi connectivity index (χ0) is 18.9. The molecule has 0 atom stereocenters. The van der Waals surface area contributed by atoms with E-state index < -0.39 is 0 Å². The van der Waals surface area contributed by atoms with Gasteiger partial charge in [0.2, 0.25) is 0 Å². The average Bonchev–Trinajstić information content (AvgIpc) is 3.11. The molecule has 1 saturated heterocycles. The van der Waals surface area contributed by atoms with Gasteiger partial charge in [-0.25, -0.2) is 4.79 Å². The first-order valence-electron chi connectivity index (χ1n) is 9.49. The van der Waals surface area contributed by atoms with Crippen LogP contribution >= 0.6 is 27.3 Å². The second kappa shape index (κ2) is 10.7. The summed E-state index contributed by atoms with van der Waals surface area (Å²) in [6, 6.07) is 14.7. The maximum atomic E-state index is 11.8. The SMILES string of the molecule is O=C(NCCCN1CCN(c2ccccc2)CC1)NCCc1ccc(Br)s1. The molecule has 2 amide bonds. The summed E-state index contributed by atoms with van der Waals surface area (Å²) in [5.74, 6) is 0. The zero-order valence-corrected chi connectivity index (χ0v) is 17.9. The maximum Gasteiger partial charge on any atom is 0.314 e. The number of hydrogen-bond donors (Lipinski definition) is 2. The van der Waals surface area contributed by atoms with Crippen LogP contribution in [0, 0.1) is 0 Å². The fourth-order valence-electron chi connectivity index (χ4n) is 3.22. The number of rotatable bonds is 8. The molecule has 1 aromatic carbocycles. The molecule has 2 heterocycles. The molecule has 0 radical (unpaired) electrons. The number of carbonyl (C=O) groups is 1. The first-order valence-corrected chi connectivity index (χ1v) is 11.1. The lowest BCUT2D eigenvalue weighted by Gasteiger charge is -2.36. The highest BCUT2D eigenvalue weighted by molar-refractivity contribution is 9.11. The number of halogens is 1. The summed E-state index contributed by atoms with van der Waals surface area (Å²) in [4.78, 5) is 18.0. The number of benzene rings is 1. The van der Waals surface area contributed by atoms with E-state index in [0.29, 0.717) is 6.54 Å². The number of nitrogens with one attached hydrogen (secondary N) is 2. The molecule has 146 valence electrons. The predicted octanol–water partition coefficient (Wildman–Crippen LogP) is 3.56. The molecule has 1 aliphatic heterocycles. The summed E-state index contributed by atoms with van der Waals surface area (Å²) < 4.78 is 1.13. The van der Waals surface area contributed by atoms with Crippen LogP contribution in [-0.2, 0) is 6.42 Å². The molecule has 0 saturated carbocycles. The van der Waals surface area contributed by atoms with Gasteiger partial charge in [0.05, 0.1) is 3.79 Å². The molecule has 0 spiro atoms. The fraction of sp³-hybridized carbons (Fsp3) is 0.450. The first-order chi connectivity index (χ1) is 13.2. The minimum absolute atomic E-state index is 0.0699. The van der Waals surface area contributed by atoms with E-state index in [1.807, 2.05) is 6.07 Å². The summed E-state index contributed by atoms with van der Waals surface area (Å²) in [6.45, 7) is 6.71. The topological polar surface area (TPSA) is 47.6 Å². The van der Waals surface area contributed by atoms with E-state index >= 15 is 0 Å². The number of piperazine rings is 1. The summed E-state index contributed by atoms with van der Waals surface area (Å²) >= 11 is 5.17. The normalized spacial score (nSPS) is 14.9. The van der Waals surface area contributed by atoms with E-state index in [1.54, 1.807) is 11.3 Å². The molecule has 1 fully saturated rings. The van der Waals surface area contributed by atoms with Crippen LogP contribution in [0.4, 0.5) is 10.5 Å². The number of urea groups is 1. The molecular weight excluding hydrogens is 424 g/mol. The maximum absolute atomic E-state index is 11.8. The van der Waals surface area contributed by atoms with Gasteiger partial charge in [-0.1, -0.05) is 18.2 Å². The Morgan fingerprint density at radius 3 is 2.44 bits per heavy atom. The number of hydrogen-bond acceptors (Lipinski definition) is 4. The molecule has 5 nitrogen and oxygen atoms in total. The van der Waals surface area contributed by atoms with Gasteiger partial charge in [0.15, 0.2) is 0 Å². The number of carbonyl (C=O) groups excluding carboxylic acids is 1. The van der Waals surface area contributed by atoms with Crippen LogP contribution in [0.3, 0.4) is 0 Å². The lowest BCUT2D eigenvalue weighted by molar-refractivity contribution is 0.236. The Morgan fingerprint density at radius 2 is 1.74 bits per heavy atom. The Labute approximate surface area is 173 Å². The van der Waals surface area contributed by atoms with Gasteiger partial charge in [0, 0.05) is 49.8 Å². The fourth-order valence-corrected chi connectivity index (χ4v) is 4.70. The van der Waals surface area contributed by atoms with Crippen LogP contribution in [0.5, 0.6) is 0 Å². The van der Waals surface area contributed by atoms with Gasteiger partial charge in [-0.05, 0) is 59.6 Å². The minimum Gasteiger partial charge on any atom is -0.369 e. The molecule has 3 rings (SSSR count). The summed E-state index contributed by atoms with van der Waals surface area (Å²) in [5.41, 5.74) is 1.31. The van der Waals surface area contributed by atoms with Crippen molar-refractivity contribution in [3.63, 3.8) is 0 Å². The van der Waals surface area contributed by atoms with E-state index in [-0.39, 0.29) is 6.03 Å². The Balaban J connectivity index is 1.22. The molecule has 2 aromatic rings. The van der Waals surface area contributed by atoms with Gasteiger partial charge >= 0.3 is 6.03 Å². The van der Waals surface area contributed by atoms with Gasteiger partial charge in [-0.15, -0.1) is 11.3 Å². The van der Waals surface area contributed by atoms with E-state index in [9.17, 15) is 4.79 Å². The monoisotopic (exact) mass is 450 g/mol. The van der Waals surface area contributed by atoms with Crippen LogP contribution in [0.25, 0.3) is 0 Å². The predicted molar refractivity (Wildman–Crippen MR) is 117 cm³/mol. The molecule has 27 heavy (non-hydrogen) atoms. The smallest absolute Gasteiger partial charge is 0.314 e. The van der Waals surface area contributed by atoms with Crippen molar-refractivity contribution in [2.75, 3.05) is 50.7 Å². The minimum atomic E-state index is -0.0699. The molecule has 1 aliphatic rings. The highest BCUT2D eigenvalue weighted by Crippen LogP contribution is 2.22. The van der Waals surface area contributed by atoms with Crippen LogP contribution < -0.4 is 15.5 Å². The van der Waals surface area contributed by atoms with Crippen LogP contribution in [-0.4, -0.2) is 56.7 Å². The highest BCUT2D eigenvalue weighted by Gasteiger charge is 2.16. The molecule has 2 N–H and O–H groups in total.